The topological polar surface area (TPSA) is 54.3 Å². The molecule has 1 fully saturated rings. The van der Waals surface area contributed by atoms with Crippen LogP contribution in [0, 0.1) is 6.92 Å². The lowest BCUT2D eigenvalue weighted by Gasteiger charge is -2.33. The van der Waals surface area contributed by atoms with Crippen LogP contribution in [-0.2, 0) is 0 Å². The van der Waals surface area contributed by atoms with E-state index < -0.39 is 0 Å². The Kier molecular flexibility index (Phi) is 4.20. The maximum absolute atomic E-state index is 12.5. The normalized spacial score (nSPS) is 16.0. The Bertz CT molecular complexity index is 641. The summed E-state index contributed by atoms with van der Waals surface area (Å²) in [6.45, 7) is 8.53. The largest absolute Gasteiger partial charge is 0.333 e. The number of likely N-dealkylation sites (N-methyl/N-ethyl adjacent to an activating group) is 1. The number of carbonyl (C=O) groups excluding carboxylic acids is 1. The molecule has 2 aromatic rings. The SMILES string of the molecule is CCN1CCN(C(=O)c2ncn(-c3ccc(C)cc3)n2)CC1. The van der Waals surface area contributed by atoms with Crippen molar-refractivity contribution in [3.05, 3.63) is 42.0 Å². The number of benzene rings is 1. The summed E-state index contributed by atoms with van der Waals surface area (Å²) < 4.78 is 1.65. The summed E-state index contributed by atoms with van der Waals surface area (Å²) in [5.74, 6) is 0.187. The molecule has 116 valence electrons. The van der Waals surface area contributed by atoms with Crippen LogP contribution in [0.4, 0.5) is 0 Å². The van der Waals surface area contributed by atoms with Crippen LogP contribution in [0.3, 0.4) is 0 Å². The molecule has 1 aliphatic rings. The summed E-state index contributed by atoms with van der Waals surface area (Å²) in [5.41, 5.74) is 2.10. The first kappa shape index (κ1) is 14.7. The molecule has 3 rings (SSSR count). The third-order valence-electron chi connectivity index (χ3n) is 4.09. The van der Waals surface area contributed by atoms with E-state index in [0.717, 1.165) is 38.4 Å². The second-order valence-electron chi connectivity index (χ2n) is 5.57. The van der Waals surface area contributed by atoms with E-state index in [4.69, 9.17) is 0 Å². The van der Waals surface area contributed by atoms with Crippen LogP contribution in [0.25, 0.3) is 5.69 Å². The summed E-state index contributed by atoms with van der Waals surface area (Å²) in [6, 6.07) is 7.97. The van der Waals surface area contributed by atoms with Crippen LogP contribution in [0.15, 0.2) is 30.6 Å². The van der Waals surface area contributed by atoms with E-state index in [1.165, 1.54) is 5.56 Å². The first-order chi connectivity index (χ1) is 10.7. The summed E-state index contributed by atoms with van der Waals surface area (Å²) >= 11 is 0. The maximum Gasteiger partial charge on any atom is 0.293 e. The number of hydrogen-bond donors (Lipinski definition) is 0. The van der Waals surface area contributed by atoms with Crippen molar-refractivity contribution >= 4 is 5.91 Å². The molecule has 0 radical (unpaired) electrons. The van der Waals surface area contributed by atoms with Gasteiger partial charge in [0.15, 0.2) is 0 Å². The molecule has 22 heavy (non-hydrogen) atoms. The van der Waals surface area contributed by atoms with Gasteiger partial charge in [0.25, 0.3) is 5.91 Å². The number of rotatable bonds is 3. The Hall–Kier alpha value is -2.21. The van der Waals surface area contributed by atoms with Crippen molar-refractivity contribution in [2.24, 2.45) is 0 Å². The van der Waals surface area contributed by atoms with Crippen molar-refractivity contribution in [1.82, 2.24) is 24.6 Å². The van der Waals surface area contributed by atoms with Crippen molar-refractivity contribution < 1.29 is 4.79 Å². The van der Waals surface area contributed by atoms with Crippen molar-refractivity contribution in [3.8, 4) is 5.69 Å². The second kappa shape index (κ2) is 6.27. The van der Waals surface area contributed by atoms with Gasteiger partial charge in [-0.2, -0.15) is 0 Å². The highest BCUT2D eigenvalue weighted by Crippen LogP contribution is 2.10. The molecule has 1 aromatic carbocycles. The quantitative estimate of drug-likeness (QED) is 0.858. The highest BCUT2D eigenvalue weighted by molar-refractivity contribution is 5.90. The smallest absolute Gasteiger partial charge is 0.293 e. The van der Waals surface area contributed by atoms with E-state index >= 15 is 0 Å². The van der Waals surface area contributed by atoms with Crippen LogP contribution < -0.4 is 0 Å². The average molecular weight is 299 g/mol. The van der Waals surface area contributed by atoms with Gasteiger partial charge in [-0.3, -0.25) is 4.79 Å². The average Bonchev–Trinajstić information content (AvgIpc) is 3.05. The monoisotopic (exact) mass is 299 g/mol. The minimum atomic E-state index is -0.0818. The van der Waals surface area contributed by atoms with Gasteiger partial charge >= 0.3 is 0 Å². The van der Waals surface area contributed by atoms with E-state index in [9.17, 15) is 4.79 Å². The Morgan fingerprint density at radius 2 is 1.82 bits per heavy atom. The molecular formula is C16H21N5O. The first-order valence-electron chi connectivity index (χ1n) is 7.67. The van der Waals surface area contributed by atoms with Crippen molar-refractivity contribution in [1.29, 1.82) is 0 Å². The summed E-state index contributed by atoms with van der Waals surface area (Å²) in [7, 11) is 0. The van der Waals surface area contributed by atoms with Gasteiger partial charge in [-0.15, -0.1) is 5.10 Å². The van der Waals surface area contributed by atoms with Crippen LogP contribution >= 0.6 is 0 Å². The van der Waals surface area contributed by atoms with Gasteiger partial charge in [-0.05, 0) is 25.6 Å². The standard InChI is InChI=1S/C16H21N5O/c1-3-19-8-10-20(11-9-19)16(22)15-17-12-21(18-15)14-6-4-13(2)5-7-14/h4-7,12H,3,8-11H2,1-2H3. The number of piperazine rings is 1. The van der Waals surface area contributed by atoms with Crippen molar-refractivity contribution in [3.63, 3.8) is 0 Å². The highest BCUT2D eigenvalue weighted by atomic mass is 16.2. The minimum absolute atomic E-state index is 0.0818. The van der Waals surface area contributed by atoms with Crippen molar-refractivity contribution in [2.45, 2.75) is 13.8 Å². The summed E-state index contributed by atoms with van der Waals surface area (Å²) in [6.07, 6.45) is 1.60. The molecule has 1 amide bonds. The Morgan fingerprint density at radius 3 is 2.45 bits per heavy atom. The molecule has 1 aromatic heterocycles. The second-order valence-corrected chi connectivity index (χ2v) is 5.57. The molecule has 0 saturated carbocycles. The minimum Gasteiger partial charge on any atom is -0.333 e. The fraction of sp³-hybridized carbons (Fsp3) is 0.438. The third kappa shape index (κ3) is 3.01. The lowest BCUT2D eigenvalue weighted by Crippen LogP contribution is -2.48. The lowest BCUT2D eigenvalue weighted by molar-refractivity contribution is 0.0631. The van der Waals surface area contributed by atoms with Gasteiger partial charge in [0.2, 0.25) is 5.82 Å². The molecule has 1 aliphatic heterocycles. The van der Waals surface area contributed by atoms with Gasteiger partial charge in [0.05, 0.1) is 5.69 Å². The fourth-order valence-corrected chi connectivity index (χ4v) is 2.59. The first-order valence-corrected chi connectivity index (χ1v) is 7.67. The zero-order valence-corrected chi connectivity index (χ0v) is 13.1. The Balaban J connectivity index is 1.71. The predicted octanol–water partition coefficient (Wildman–Crippen LogP) is 1.35. The van der Waals surface area contributed by atoms with Gasteiger partial charge in [-0.25, -0.2) is 9.67 Å². The van der Waals surface area contributed by atoms with Gasteiger partial charge in [0.1, 0.15) is 6.33 Å². The van der Waals surface area contributed by atoms with Crippen LogP contribution in [0.2, 0.25) is 0 Å². The number of hydrogen-bond acceptors (Lipinski definition) is 4. The molecular weight excluding hydrogens is 278 g/mol. The third-order valence-corrected chi connectivity index (χ3v) is 4.09. The Morgan fingerprint density at radius 1 is 1.14 bits per heavy atom. The van der Waals surface area contributed by atoms with Gasteiger partial charge in [0, 0.05) is 26.2 Å². The molecule has 0 spiro atoms. The van der Waals surface area contributed by atoms with E-state index in [0.29, 0.717) is 0 Å². The van der Waals surface area contributed by atoms with Crippen LogP contribution in [-0.4, -0.2) is 63.2 Å². The number of carbonyl (C=O) groups is 1. The van der Waals surface area contributed by atoms with Crippen LogP contribution in [0.5, 0.6) is 0 Å². The molecule has 6 heteroatoms. The Labute approximate surface area is 130 Å². The number of aromatic nitrogens is 3. The number of nitrogens with zero attached hydrogens (tertiary/aromatic N) is 5. The molecule has 0 aliphatic carbocycles. The summed E-state index contributed by atoms with van der Waals surface area (Å²) in [4.78, 5) is 20.8. The molecule has 0 unspecified atom stereocenters. The van der Waals surface area contributed by atoms with Crippen molar-refractivity contribution in [2.75, 3.05) is 32.7 Å². The fourth-order valence-electron chi connectivity index (χ4n) is 2.59. The van der Waals surface area contributed by atoms with E-state index in [1.807, 2.05) is 36.1 Å². The number of aryl methyl sites for hydroxylation is 1. The molecule has 2 heterocycles. The van der Waals surface area contributed by atoms with Crippen LogP contribution in [0.1, 0.15) is 23.1 Å². The van der Waals surface area contributed by atoms with E-state index in [-0.39, 0.29) is 11.7 Å². The molecule has 0 N–H and O–H groups in total. The van der Waals surface area contributed by atoms with E-state index in [2.05, 4.69) is 21.9 Å². The van der Waals surface area contributed by atoms with Gasteiger partial charge < -0.3 is 9.80 Å². The lowest BCUT2D eigenvalue weighted by atomic mass is 10.2. The summed E-state index contributed by atoms with van der Waals surface area (Å²) in [5, 5.41) is 4.33. The molecule has 1 saturated heterocycles. The maximum atomic E-state index is 12.5. The predicted molar refractivity (Wildman–Crippen MR) is 84.1 cm³/mol. The molecule has 0 bridgehead atoms. The molecule has 6 nitrogen and oxygen atoms in total. The zero-order chi connectivity index (χ0) is 15.5. The highest BCUT2D eigenvalue weighted by Gasteiger charge is 2.24. The van der Waals surface area contributed by atoms with E-state index in [1.54, 1.807) is 11.0 Å². The van der Waals surface area contributed by atoms with Gasteiger partial charge in [-0.1, -0.05) is 24.6 Å². The number of amides is 1. The molecule has 0 atom stereocenters. The zero-order valence-electron chi connectivity index (χ0n) is 13.1.